The van der Waals surface area contributed by atoms with Gasteiger partial charge in [-0.2, -0.15) is 13.2 Å². The average molecular weight is 690 g/mol. The van der Waals surface area contributed by atoms with Crippen molar-refractivity contribution >= 4 is 63.4 Å². The lowest BCUT2D eigenvalue weighted by Crippen LogP contribution is -2.40. The van der Waals surface area contributed by atoms with Gasteiger partial charge in [-0.25, -0.2) is 9.97 Å². The maximum absolute atomic E-state index is 13.7. The van der Waals surface area contributed by atoms with Crippen LogP contribution in [0.2, 0.25) is 10.0 Å². The highest BCUT2D eigenvalue weighted by Gasteiger charge is 2.46. The van der Waals surface area contributed by atoms with Crippen LogP contribution in [0.25, 0.3) is 11.0 Å². The van der Waals surface area contributed by atoms with E-state index < -0.39 is 12.1 Å². The molecule has 2 atom stereocenters. The summed E-state index contributed by atoms with van der Waals surface area (Å²) in [5.74, 6) is -0.329. The normalized spacial score (nSPS) is 22.3. The zero-order valence-corrected chi connectivity index (χ0v) is 26.9. The second kappa shape index (κ2) is 12.2. The fraction of sp³-hybridized carbons (Fsp3) is 0.438. The predicted molar refractivity (Wildman–Crippen MR) is 173 cm³/mol. The number of H-pyrrole nitrogens is 1. The van der Waals surface area contributed by atoms with E-state index in [0.717, 1.165) is 24.3 Å². The number of hydrogen-bond donors (Lipinski definition) is 4. The van der Waals surface area contributed by atoms with Gasteiger partial charge in [0, 0.05) is 38.9 Å². The summed E-state index contributed by atoms with van der Waals surface area (Å²) >= 11 is 13.3. The van der Waals surface area contributed by atoms with E-state index in [1.165, 1.54) is 18.9 Å². The first-order valence-corrected chi connectivity index (χ1v) is 16.4. The molecule has 0 bridgehead atoms. The van der Waals surface area contributed by atoms with Gasteiger partial charge >= 0.3 is 6.18 Å². The molecule has 2 amide bonds. The molecule has 15 heteroatoms. The van der Waals surface area contributed by atoms with Crippen LogP contribution < -0.4 is 20.9 Å². The second-order valence-corrected chi connectivity index (χ2v) is 13.5. The summed E-state index contributed by atoms with van der Waals surface area (Å²) in [6.45, 7) is 1.84. The minimum absolute atomic E-state index is 0.00784. The molecule has 7 rings (SSSR count). The zero-order valence-electron chi connectivity index (χ0n) is 25.4. The minimum atomic E-state index is -4.21. The number of fused-ring (bicyclic) bond motifs is 2. The summed E-state index contributed by atoms with van der Waals surface area (Å²) in [5.41, 5.74) is 3.85. The number of aromatic nitrogens is 4. The molecule has 2 aromatic heterocycles. The Hall–Kier alpha value is -3.97. The van der Waals surface area contributed by atoms with Gasteiger partial charge < -0.3 is 30.4 Å². The van der Waals surface area contributed by atoms with Gasteiger partial charge in [-0.05, 0) is 67.7 Å². The second-order valence-electron chi connectivity index (χ2n) is 12.7. The van der Waals surface area contributed by atoms with E-state index in [0.29, 0.717) is 50.2 Å². The molecular formula is C32H33Cl2F3N8O2. The maximum atomic E-state index is 13.7. The average Bonchev–Trinajstić information content (AvgIpc) is 3.38. The largest absolute Gasteiger partial charge is 0.391 e. The van der Waals surface area contributed by atoms with Crippen LogP contribution in [-0.2, 0) is 13.6 Å². The van der Waals surface area contributed by atoms with Crippen molar-refractivity contribution in [3.8, 4) is 0 Å². The lowest BCUT2D eigenvalue weighted by molar-refractivity contribution is -0.182. The Morgan fingerprint density at radius 1 is 1.06 bits per heavy atom. The highest BCUT2D eigenvalue weighted by Crippen LogP contribution is 2.47. The zero-order chi connectivity index (χ0) is 33.0. The molecule has 0 spiro atoms. The Morgan fingerprint density at radius 2 is 1.81 bits per heavy atom. The molecule has 2 unspecified atom stereocenters. The number of halogens is 5. The number of nitrogens with one attached hydrogen (secondary N) is 4. The molecule has 1 saturated heterocycles. The number of hydrogen-bond acceptors (Lipinski definition) is 6. The van der Waals surface area contributed by atoms with Crippen LogP contribution in [-0.4, -0.2) is 56.6 Å². The molecule has 0 radical (unpaired) electrons. The summed E-state index contributed by atoms with van der Waals surface area (Å²) in [6.07, 6.45) is 0.477. The van der Waals surface area contributed by atoms with Gasteiger partial charge in [0.05, 0.1) is 50.3 Å². The minimum Gasteiger partial charge on any atom is -0.370 e. The Kier molecular flexibility index (Phi) is 8.23. The van der Waals surface area contributed by atoms with Crippen molar-refractivity contribution in [3.05, 3.63) is 63.7 Å². The summed E-state index contributed by atoms with van der Waals surface area (Å²) < 4.78 is 41.5. The van der Waals surface area contributed by atoms with E-state index in [1.807, 2.05) is 17.7 Å². The third kappa shape index (κ3) is 6.34. The number of benzene rings is 2. The number of aromatic amines is 1. The summed E-state index contributed by atoms with van der Waals surface area (Å²) in [5, 5.41) is 9.70. The molecular weight excluding hydrogens is 656 g/mol. The van der Waals surface area contributed by atoms with Crippen molar-refractivity contribution in [2.75, 3.05) is 23.3 Å². The molecule has 2 saturated carbocycles. The quantitative estimate of drug-likeness (QED) is 0.166. The standard InChI is InChI=1S/C32H33Cl2F3N8O2/c1-44-26-10-25(45-13-17-8-18(17)14-45)21(29(46)41-20-5-3-19(4-6-20)32(35,36)37)9-23(26)42-31(44)43-28-22(33)7-2-16(27(28)34)11-39-30(47)24-12-38-15-40-24/h2,7,9-10,12,15,17-20H,3-6,8,11,13-14H2,1H3,(H,38,40)(H,39,47)(H,41,46)(H,42,43)/t17?,18?,19-,20-. The van der Waals surface area contributed by atoms with Crippen LogP contribution in [0.4, 0.5) is 30.5 Å². The van der Waals surface area contributed by atoms with Crippen molar-refractivity contribution in [1.82, 2.24) is 30.2 Å². The smallest absolute Gasteiger partial charge is 0.370 e. The first-order valence-electron chi connectivity index (χ1n) is 15.6. The molecule has 248 valence electrons. The van der Waals surface area contributed by atoms with Crippen molar-refractivity contribution in [3.63, 3.8) is 0 Å². The topological polar surface area (TPSA) is 120 Å². The molecule has 4 aromatic rings. The highest BCUT2D eigenvalue weighted by atomic mass is 35.5. The first kappa shape index (κ1) is 31.6. The van der Waals surface area contributed by atoms with Crippen LogP contribution in [0.1, 0.15) is 58.5 Å². The monoisotopic (exact) mass is 688 g/mol. The summed E-state index contributed by atoms with van der Waals surface area (Å²) in [7, 11) is 1.84. The molecule has 2 aliphatic carbocycles. The van der Waals surface area contributed by atoms with Crippen LogP contribution in [0.15, 0.2) is 36.8 Å². The molecule has 3 heterocycles. The van der Waals surface area contributed by atoms with Crippen LogP contribution in [0.5, 0.6) is 0 Å². The molecule has 47 heavy (non-hydrogen) atoms. The van der Waals surface area contributed by atoms with Crippen molar-refractivity contribution in [2.45, 2.75) is 50.9 Å². The van der Waals surface area contributed by atoms with E-state index in [9.17, 15) is 22.8 Å². The number of alkyl halides is 3. The fourth-order valence-electron chi connectivity index (χ4n) is 6.81. The van der Waals surface area contributed by atoms with Gasteiger partial charge in [-0.15, -0.1) is 0 Å². The predicted octanol–water partition coefficient (Wildman–Crippen LogP) is 6.58. The Bertz CT molecular complexity index is 1830. The van der Waals surface area contributed by atoms with E-state index in [2.05, 4.69) is 30.8 Å². The van der Waals surface area contributed by atoms with E-state index >= 15 is 0 Å². The number of nitrogens with zero attached hydrogens (tertiary/aromatic N) is 4. The third-order valence-corrected chi connectivity index (χ3v) is 10.4. The molecule has 10 nitrogen and oxygen atoms in total. The van der Waals surface area contributed by atoms with Crippen molar-refractivity contribution in [1.29, 1.82) is 0 Å². The summed E-state index contributed by atoms with van der Waals surface area (Å²) in [6, 6.07) is 6.79. The highest BCUT2D eigenvalue weighted by molar-refractivity contribution is 6.39. The molecule has 4 N–H and O–H groups in total. The molecule has 1 aliphatic heterocycles. The molecule has 3 aliphatic rings. The number of rotatable bonds is 8. The van der Waals surface area contributed by atoms with Crippen molar-refractivity contribution in [2.24, 2.45) is 24.8 Å². The van der Waals surface area contributed by atoms with Gasteiger partial charge in [0.15, 0.2) is 0 Å². The van der Waals surface area contributed by atoms with E-state index in [1.54, 1.807) is 18.2 Å². The number of piperidine rings is 1. The molecule has 3 fully saturated rings. The number of imidazole rings is 2. The van der Waals surface area contributed by atoms with Gasteiger partial charge in [-0.1, -0.05) is 29.3 Å². The Morgan fingerprint density at radius 3 is 2.49 bits per heavy atom. The SMILES string of the molecule is Cn1c(Nc2c(Cl)ccc(CNC(=O)c3c[nH]cn3)c2Cl)nc2cc(C(=O)N[C@H]3CC[C@H](C(F)(F)F)CC3)c(N3CC4CC4C3)cc21. The van der Waals surface area contributed by atoms with Gasteiger partial charge in [0.25, 0.3) is 11.8 Å². The number of carbonyl (C=O) groups excluding carboxylic acids is 2. The van der Waals surface area contributed by atoms with Gasteiger partial charge in [-0.3, -0.25) is 9.59 Å². The van der Waals surface area contributed by atoms with E-state index in [-0.39, 0.29) is 55.8 Å². The number of aryl methyl sites for hydroxylation is 1. The number of carbonyl (C=O) groups is 2. The van der Waals surface area contributed by atoms with E-state index in [4.69, 9.17) is 28.2 Å². The van der Waals surface area contributed by atoms with Crippen LogP contribution in [0.3, 0.4) is 0 Å². The van der Waals surface area contributed by atoms with Crippen molar-refractivity contribution < 1.29 is 22.8 Å². The lowest BCUT2D eigenvalue weighted by Gasteiger charge is -2.31. The first-order chi connectivity index (χ1) is 22.5. The third-order valence-electron chi connectivity index (χ3n) is 9.67. The maximum Gasteiger partial charge on any atom is 0.391 e. The molecule has 2 aromatic carbocycles. The van der Waals surface area contributed by atoms with Crippen LogP contribution in [0, 0.1) is 17.8 Å². The summed E-state index contributed by atoms with van der Waals surface area (Å²) in [4.78, 5) is 39.8. The number of anilines is 3. The Labute approximate surface area is 278 Å². The van der Waals surface area contributed by atoms with Crippen LogP contribution >= 0.6 is 23.2 Å². The lowest BCUT2D eigenvalue weighted by atomic mass is 9.85. The number of amides is 2. The van der Waals surface area contributed by atoms with Gasteiger partial charge in [0.1, 0.15) is 5.69 Å². The Balaban J connectivity index is 1.14. The van der Waals surface area contributed by atoms with Gasteiger partial charge in [0.2, 0.25) is 5.95 Å². The fourth-order valence-corrected chi connectivity index (χ4v) is 7.35.